The number of hydrogen-bond acceptors (Lipinski definition) is 5. The van der Waals surface area contributed by atoms with Gasteiger partial charge in [-0.2, -0.15) is 8.42 Å². The summed E-state index contributed by atoms with van der Waals surface area (Å²) in [5, 5.41) is 19.0. The molecule has 1 aromatic carbocycles. The number of nitrogens with zero attached hydrogens (tertiary/aromatic N) is 1. The van der Waals surface area contributed by atoms with Crippen LogP contribution in [0.5, 0.6) is 0 Å². The molecule has 1 rings (SSSR count). The van der Waals surface area contributed by atoms with Crippen LogP contribution in [0, 0.1) is 10.1 Å². The molecule has 9 heteroatoms. The van der Waals surface area contributed by atoms with Crippen LogP contribution in [-0.4, -0.2) is 29.0 Å². The lowest BCUT2D eigenvalue weighted by atomic mass is 10.1. The minimum Gasteiger partial charge on any atom is -0.481 e. The molecule has 0 bridgehead atoms. The first-order valence-corrected chi connectivity index (χ1v) is 5.62. The highest BCUT2D eigenvalue weighted by Gasteiger charge is 2.18. The molecule has 0 saturated carbocycles. The Morgan fingerprint density at radius 2 is 1.94 bits per heavy atom. The summed E-state index contributed by atoms with van der Waals surface area (Å²) in [6.45, 7) is 0. The normalized spacial score (nSPS) is 11.1. The molecular formula is C8H7NO7S. The molecule has 2 N–H and O–H groups in total. The average Bonchev–Trinajstić information content (AvgIpc) is 2.14. The summed E-state index contributed by atoms with van der Waals surface area (Å²) < 4.78 is 30.4. The highest BCUT2D eigenvalue weighted by atomic mass is 32.2. The highest BCUT2D eigenvalue weighted by molar-refractivity contribution is 7.85. The number of benzene rings is 1. The third kappa shape index (κ3) is 3.50. The number of nitro groups is 1. The smallest absolute Gasteiger partial charge is 0.307 e. The Labute approximate surface area is 95.4 Å². The van der Waals surface area contributed by atoms with Crippen molar-refractivity contribution in [1.82, 2.24) is 0 Å². The fourth-order valence-electron chi connectivity index (χ4n) is 1.17. The summed E-state index contributed by atoms with van der Waals surface area (Å²) in [5.74, 6) is -1.27. The number of aliphatic carboxylic acids is 1. The molecule has 0 fully saturated rings. The van der Waals surface area contributed by atoms with E-state index in [0.717, 1.165) is 12.1 Å². The Balaban J connectivity index is 3.39. The van der Waals surface area contributed by atoms with Crippen LogP contribution in [0.3, 0.4) is 0 Å². The molecule has 8 nitrogen and oxygen atoms in total. The number of hydrogen-bond donors (Lipinski definition) is 2. The van der Waals surface area contributed by atoms with Crippen molar-refractivity contribution in [3.8, 4) is 0 Å². The lowest BCUT2D eigenvalue weighted by Crippen LogP contribution is -2.05. The van der Waals surface area contributed by atoms with Gasteiger partial charge in [0, 0.05) is 12.1 Å². The van der Waals surface area contributed by atoms with Gasteiger partial charge in [0.05, 0.1) is 11.3 Å². The van der Waals surface area contributed by atoms with Gasteiger partial charge in [0.25, 0.3) is 15.8 Å². The third-order valence-electron chi connectivity index (χ3n) is 1.82. The van der Waals surface area contributed by atoms with Crippen molar-refractivity contribution in [2.24, 2.45) is 0 Å². The first-order chi connectivity index (χ1) is 7.70. The van der Waals surface area contributed by atoms with Gasteiger partial charge in [-0.1, -0.05) is 0 Å². The van der Waals surface area contributed by atoms with Gasteiger partial charge < -0.3 is 5.11 Å². The lowest BCUT2D eigenvalue weighted by molar-refractivity contribution is -0.385. The molecule has 0 amide bonds. The zero-order valence-corrected chi connectivity index (χ0v) is 9.05. The first kappa shape index (κ1) is 13.1. The second-order valence-electron chi connectivity index (χ2n) is 3.14. The van der Waals surface area contributed by atoms with E-state index in [2.05, 4.69) is 0 Å². The maximum absolute atomic E-state index is 10.8. The average molecular weight is 261 g/mol. The fraction of sp³-hybridized carbons (Fsp3) is 0.125. The molecule has 17 heavy (non-hydrogen) atoms. The molecule has 0 spiro atoms. The standard InChI is InChI=1S/C8H7NO7S/c10-8(11)3-5-1-6(9(12)13)4-7(2-5)17(14,15)16/h1-2,4H,3H2,(H,10,11)(H,14,15,16). The second-order valence-corrected chi connectivity index (χ2v) is 4.56. The van der Waals surface area contributed by atoms with Crippen molar-refractivity contribution >= 4 is 21.8 Å². The number of non-ortho nitro benzene ring substituents is 1. The zero-order valence-electron chi connectivity index (χ0n) is 8.23. The van der Waals surface area contributed by atoms with E-state index in [1.165, 1.54) is 0 Å². The van der Waals surface area contributed by atoms with Crippen LogP contribution in [0.25, 0.3) is 0 Å². The quantitative estimate of drug-likeness (QED) is 0.456. The Kier molecular flexibility index (Phi) is 3.44. The van der Waals surface area contributed by atoms with Crippen LogP contribution in [-0.2, 0) is 21.3 Å². The Morgan fingerprint density at radius 1 is 1.35 bits per heavy atom. The first-order valence-electron chi connectivity index (χ1n) is 4.18. The van der Waals surface area contributed by atoms with Gasteiger partial charge >= 0.3 is 5.97 Å². The topological polar surface area (TPSA) is 135 Å². The van der Waals surface area contributed by atoms with Gasteiger partial charge in [-0.25, -0.2) is 0 Å². The molecule has 0 radical (unpaired) electrons. The molecule has 0 unspecified atom stereocenters. The van der Waals surface area contributed by atoms with E-state index in [9.17, 15) is 23.3 Å². The highest BCUT2D eigenvalue weighted by Crippen LogP contribution is 2.21. The van der Waals surface area contributed by atoms with Crippen molar-refractivity contribution in [1.29, 1.82) is 0 Å². The maximum Gasteiger partial charge on any atom is 0.307 e. The summed E-state index contributed by atoms with van der Waals surface area (Å²) in [5.41, 5.74) is -0.685. The number of nitro benzene ring substituents is 1. The number of carboxylic acids is 1. The van der Waals surface area contributed by atoms with Crippen LogP contribution in [0.4, 0.5) is 5.69 Å². The molecule has 92 valence electrons. The Hall–Kier alpha value is -2.00. The van der Waals surface area contributed by atoms with E-state index in [1.54, 1.807) is 0 Å². The van der Waals surface area contributed by atoms with E-state index in [1.807, 2.05) is 0 Å². The number of carboxylic acid groups (broad SMARTS) is 1. The second kappa shape index (κ2) is 4.47. The summed E-state index contributed by atoms with van der Waals surface area (Å²) >= 11 is 0. The summed E-state index contributed by atoms with van der Waals surface area (Å²) in [6.07, 6.45) is -0.579. The van der Waals surface area contributed by atoms with Crippen LogP contribution in [0.1, 0.15) is 5.56 Å². The zero-order chi connectivity index (χ0) is 13.2. The summed E-state index contributed by atoms with van der Waals surface area (Å²) in [7, 11) is -4.61. The van der Waals surface area contributed by atoms with E-state index < -0.39 is 38.0 Å². The van der Waals surface area contributed by atoms with Crippen LogP contribution in [0.15, 0.2) is 23.1 Å². The largest absolute Gasteiger partial charge is 0.481 e. The summed E-state index contributed by atoms with van der Waals surface area (Å²) in [6, 6.07) is 2.46. The van der Waals surface area contributed by atoms with Gasteiger partial charge in [0.2, 0.25) is 0 Å². The predicted molar refractivity (Wildman–Crippen MR) is 54.3 cm³/mol. The molecule has 0 aliphatic rings. The Bertz CT molecular complexity index is 578. The van der Waals surface area contributed by atoms with Crippen LogP contribution < -0.4 is 0 Å². The van der Waals surface area contributed by atoms with Crippen molar-refractivity contribution in [2.75, 3.05) is 0 Å². The third-order valence-corrected chi connectivity index (χ3v) is 2.65. The summed E-state index contributed by atoms with van der Waals surface area (Å²) in [4.78, 5) is 19.3. The van der Waals surface area contributed by atoms with Gasteiger partial charge in [-0.15, -0.1) is 0 Å². The van der Waals surface area contributed by atoms with E-state index in [0.29, 0.717) is 6.07 Å². The van der Waals surface area contributed by atoms with E-state index in [-0.39, 0.29) is 5.56 Å². The van der Waals surface area contributed by atoms with Gasteiger partial charge in [-0.05, 0) is 11.6 Å². The number of carbonyl (C=O) groups is 1. The van der Waals surface area contributed by atoms with Crippen molar-refractivity contribution in [2.45, 2.75) is 11.3 Å². The van der Waals surface area contributed by atoms with Crippen LogP contribution >= 0.6 is 0 Å². The van der Waals surface area contributed by atoms with E-state index in [4.69, 9.17) is 9.66 Å². The minimum absolute atomic E-state index is 0.0840. The van der Waals surface area contributed by atoms with Gasteiger partial charge in [0.15, 0.2) is 0 Å². The van der Waals surface area contributed by atoms with E-state index >= 15 is 0 Å². The molecule has 1 aromatic rings. The fourth-order valence-corrected chi connectivity index (χ4v) is 1.74. The lowest BCUT2D eigenvalue weighted by Gasteiger charge is -2.01. The molecule has 0 aromatic heterocycles. The molecule has 0 aliphatic carbocycles. The molecule has 0 aliphatic heterocycles. The molecule has 0 heterocycles. The number of rotatable bonds is 4. The molecule has 0 atom stereocenters. The molecular weight excluding hydrogens is 254 g/mol. The van der Waals surface area contributed by atoms with Crippen molar-refractivity contribution in [3.63, 3.8) is 0 Å². The van der Waals surface area contributed by atoms with Crippen molar-refractivity contribution in [3.05, 3.63) is 33.9 Å². The van der Waals surface area contributed by atoms with Gasteiger partial charge in [-0.3, -0.25) is 19.5 Å². The van der Waals surface area contributed by atoms with Crippen LogP contribution in [0.2, 0.25) is 0 Å². The maximum atomic E-state index is 10.8. The molecule has 0 saturated heterocycles. The minimum atomic E-state index is -4.61. The van der Waals surface area contributed by atoms with Crippen molar-refractivity contribution < 1.29 is 27.8 Å². The SMILES string of the molecule is O=C(O)Cc1cc([N+](=O)[O-])cc(S(=O)(=O)O)c1. The Morgan fingerprint density at radius 3 is 2.35 bits per heavy atom. The monoisotopic (exact) mass is 261 g/mol. The van der Waals surface area contributed by atoms with Gasteiger partial charge in [0.1, 0.15) is 4.90 Å². The predicted octanol–water partition coefficient (Wildman–Crippen LogP) is 0.469.